The van der Waals surface area contributed by atoms with E-state index < -0.39 is 5.97 Å². The van der Waals surface area contributed by atoms with Crippen LogP contribution in [0.25, 0.3) is 0 Å². The van der Waals surface area contributed by atoms with Gasteiger partial charge in [-0.1, -0.05) is 0 Å². The molecule has 2 heterocycles. The van der Waals surface area contributed by atoms with Gasteiger partial charge in [0, 0.05) is 5.92 Å². The minimum Gasteiger partial charge on any atom is -0.476 e. The number of carboxylic acids is 1. The average molecular weight is 226 g/mol. The quantitative estimate of drug-likeness (QED) is 0.778. The third-order valence-electron chi connectivity index (χ3n) is 3.11. The van der Waals surface area contributed by atoms with Crippen LogP contribution in [-0.2, 0) is 4.74 Å². The maximum atomic E-state index is 10.8. The van der Waals surface area contributed by atoms with Gasteiger partial charge in [0.2, 0.25) is 0 Å². The summed E-state index contributed by atoms with van der Waals surface area (Å²) in [5, 5.41) is 10.00. The number of rotatable bonds is 2. The van der Waals surface area contributed by atoms with E-state index in [1.54, 1.807) is 0 Å². The number of nitrogens with two attached hydrogens (primary N) is 1. The number of anilines is 1. The maximum absolute atomic E-state index is 10.8. The molecule has 1 aliphatic carbocycles. The molecule has 1 saturated heterocycles. The van der Waals surface area contributed by atoms with Crippen molar-refractivity contribution in [1.29, 1.82) is 0 Å². The van der Waals surface area contributed by atoms with Gasteiger partial charge in [0.1, 0.15) is 5.00 Å². The normalized spacial score (nSPS) is 32.7. The Kier molecular flexibility index (Phi) is 1.78. The van der Waals surface area contributed by atoms with Gasteiger partial charge in [-0.05, 0) is 11.8 Å². The van der Waals surface area contributed by atoms with E-state index in [0.29, 0.717) is 22.8 Å². The van der Waals surface area contributed by atoms with Crippen molar-refractivity contribution in [3.63, 3.8) is 0 Å². The van der Waals surface area contributed by atoms with E-state index in [1.807, 2.05) is 0 Å². The van der Waals surface area contributed by atoms with Crippen LogP contribution in [-0.4, -0.2) is 29.3 Å². The summed E-state index contributed by atoms with van der Waals surface area (Å²) in [6.45, 7) is 1.55. The van der Waals surface area contributed by atoms with Crippen molar-refractivity contribution in [2.75, 3.05) is 18.9 Å². The SMILES string of the molecule is Nc1sc(C2C3COCC32)nc1C(=O)O. The Morgan fingerprint density at radius 2 is 2.20 bits per heavy atom. The smallest absolute Gasteiger partial charge is 0.357 e. The first kappa shape index (κ1) is 9.11. The van der Waals surface area contributed by atoms with Crippen LogP contribution in [0.4, 0.5) is 5.00 Å². The number of carboxylic acid groups (broad SMARTS) is 1. The number of thiazole rings is 1. The zero-order valence-corrected chi connectivity index (χ0v) is 8.66. The highest BCUT2D eigenvalue weighted by Gasteiger charge is 2.56. The number of hydrogen-bond donors (Lipinski definition) is 2. The van der Waals surface area contributed by atoms with Crippen LogP contribution < -0.4 is 5.73 Å². The molecular formula is C9H10N2O3S. The average Bonchev–Trinajstić information content (AvgIpc) is 2.62. The molecule has 3 rings (SSSR count). The zero-order chi connectivity index (χ0) is 10.6. The number of aromatic carboxylic acids is 1. The number of nitrogens with zero attached hydrogens (tertiary/aromatic N) is 1. The van der Waals surface area contributed by atoms with Crippen molar-refractivity contribution in [1.82, 2.24) is 4.98 Å². The van der Waals surface area contributed by atoms with Crippen LogP contribution in [0.1, 0.15) is 21.4 Å². The lowest BCUT2D eigenvalue weighted by Gasteiger charge is -1.98. The second-order valence-corrected chi connectivity index (χ2v) is 5.02. The second kappa shape index (κ2) is 2.93. The van der Waals surface area contributed by atoms with E-state index in [2.05, 4.69) is 4.98 Å². The molecule has 0 radical (unpaired) electrons. The second-order valence-electron chi connectivity index (χ2n) is 3.96. The predicted octanol–water partition coefficient (Wildman–Crippen LogP) is 0.783. The monoisotopic (exact) mass is 226 g/mol. The Labute approximate surface area is 89.9 Å². The molecule has 2 aliphatic rings. The van der Waals surface area contributed by atoms with Crippen molar-refractivity contribution in [3.05, 3.63) is 10.7 Å². The summed E-state index contributed by atoms with van der Waals surface area (Å²) in [4.78, 5) is 14.9. The highest BCUT2D eigenvalue weighted by molar-refractivity contribution is 7.16. The summed E-state index contributed by atoms with van der Waals surface area (Å²) >= 11 is 1.30. The van der Waals surface area contributed by atoms with Crippen molar-refractivity contribution >= 4 is 22.3 Å². The van der Waals surface area contributed by atoms with Crippen LogP contribution in [0, 0.1) is 11.8 Å². The third kappa shape index (κ3) is 1.25. The van der Waals surface area contributed by atoms with Gasteiger partial charge in [-0.2, -0.15) is 0 Å². The number of carbonyl (C=O) groups is 1. The van der Waals surface area contributed by atoms with Gasteiger partial charge >= 0.3 is 5.97 Å². The summed E-state index contributed by atoms with van der Waals surface area (Å²) in [7, 11) is 0. The van der Waals surface area contributed by atoms with Gasteiger partial charge in [0.25, 0.3) is 0 Å². The Bertz CT molecular complexity index is 421. The Hall–Kier alpha value is -1.14. The molecule has 1 aromatic heterocycles. The minimum atomic E-state index is -1.04. The lowest BCUT2D eigenvalue weighted by molar-refractivity contribution is 0.0692. The van der Waals surface area contributed by atoms with Crippen molar-refractivity contribution in [2.24, 2.45) is 11.8 Å². The van der Waals surface area contributed by atoms with Crippen LogP contribution >= 0.6 is 11.3 Å². The van der Waals surface area contributed by atoms with E-state index >= 15 is 0 Å². The molecular weight excluding hydrogens is 216 g/mol. The van der Waals surface area contributed by atoms with E-state index in [9.17, 15) is 4.79 Å². The van der Waals surface area contributed by atoms with Gasteiger partial charge in [0.05, 0.1) is 18.2 Å². The third-order valence-corrected chi connectivity index (χ3v) is 4.10. The molecule has 0 bridgehead atoms. The number of ether oxygens (including phenoxy) is 1. The molecule has 2 fully saturated rings. The van der Waals surface area contributed by atoms with E-state index in [-0.39, 0.29) is 5.69 Å². The fraction of sp³-hybridized carbons (Fsp3) is 0.556. The summed E-state index contributed by atoms with van der Waals surface area (Å²) in [5.74, 6) is 0.422. The molecule has 2 unspecified atom stereocenters. The Morgan fingerprint density at radius 3 is 2.73 bits per heavy atom. The van der Waals surface area contributed by atoms with Crippen LogP contribution in [0.5, 0.6) is 0 Å². The summed E-state index contributed by atoms with van der Waals surface area (Å²) in [6, 6.07) is 0. The van der Waals surface area contributed by atoms with E-state index in [4.69, 9.17) is 15.6 Å². The standard InChI is InChI=1S/C9H10N2O3S/c10-7-6(9(12)13)11-8(15-7)5-3-1-14-2-4(3)5/h3-5H,1-2,10H2,(H,12,13). The van der Waals surface area contributed by atoms with Gasteiger partial charge in [-0.25, -0.2) is 9.78 Å². The summed E-state index contributed by atoms with van der Waals surface area (Å²) < 4.78 is 5.27. The summed E-state index contributed by atoms with van der Waals surface area (Å²) in [5.41, 5.74) is 5.60. The number of aromatic nitrogens is 1. The largest absolute Gasteiger partial charge is 0.476 e. The van der Waals surface area contributed by atoms with Crippen molar-refractivity contribution in [2.45, 2.75) is 5.92 Å². The zero-order valence-electron chi connectivity index (χ0n) is 7.84. The fourth-order valence-electron chi connectivity index (χ4n) is 2.25. The number of hydrogen-bond acceptors (Lipinski definition) is 5. The molecule has 0 aromatic carbocycles. The van der Waals surface area contributed by atoms with Crippen LogP contribution in [0.3, 0.4) is 0 Å². The highest BCUT2D eigenvalue weighted by Crippen LogP contribution is 2.58. The number of fused-ring (bicyclic) bond motifs is 1. The minimum absolute atomic E-state index is 0.000826. The molecule has 0 amide bonds. The molecule has 1 aliphatic heterocycles. The van der Waals surface area contributed by atoms with Gasteiger partial charge < -0.3 is 15.6 Å². The maximum Gasteiger partial charge on any atom is 0.357 e. The molecule has 6 heteroatoms. The van der Waals surface area contributed by atoms with Crippen LogP contribution in [0.15, 0.2) is 0 Å². The van der Waals surface area contributed by atoms with Gasteiger partial charge in [-0.15, -0.1) is 11.3 Å². The Morgan fingerprint density at radius 1 is 1.53 bits per heavy atom. The Balaban J connectivity index is 1.88. The van der Waals surface area contributed by atoms with E-state index in [1.165, 1.54) is 11.3 Å². The first-order valence-corrected chi connectivity index (χ1v) is 5.57. The molecule has 1 aromatic rings. The molecule has 0 spiro atoms. The lowest BCUT2D eigenvalue weighted by atomic mass is 10.3. The molecule has 1 saturated carbocycles. The number of nitrogen functional groups attached to an aromatic ring is 1. The molecule has 80 valence electrons. The predicted molar refractivity (Wildman–Crippen MR) is 54.0 cm³/mol. The lowest BCUT2D eigenvalue weighted by Crippen LogP contribution is -2.01. The fourth-order valence-corrected chi connectivity index (χ4v) is 3.33. The topological polar surface area (TPSA) is 85.4 Å². The van der Waals surface area contributed by atoms with Crippen molar-refractivity contribution in [3.8, 4) is 0 Å². The van der Waals surface area contributed by atoms with Gasteiger partial charge in [-0.3, -0.25) is 0 Å². The van der Waals surface area contributed by atoms with E-state index in [0.717, 1.165) is 18.2 Å². The molecule has 3 N–H and O–H groups in total. The molecule has 15 heavy (non-hydrogen) atoms. The summed E-state index contributed by atoms with van der Waals surface area (Å²) in [6.07, 6.45) is 0. The molecule has 2 atom stereocenters. The van der Waals surface area contributed by atoms with Crippen LogP contribution in [0.2, 0.25) is 0 Å². The highest BCUT2D eigenvalue weighted by atomic mass is 32.1. The van der Waals surface area contributed by atoms with Gasteiger partial charge in [0.15, 0.2) is 5.69 Å². The first-order valence-electron chi connectivity index (χ1n) is 4.75. The first-order chi connectivity index (χ1) is 7.18. The van der Waals surface area contributed by atoms with Crippen molar-refractivity contribution < 1.29 is 14.6 Å². The molecule has 5 nitrogen and oxygen atoms in total.